The first kappa shape index (κ1) is 28.5. The molecule has 0 aliphatic heterocycles. The Labute approximate surface area is 236 Å². The molecule has 4 aromatic rings. The summed E-state index contributed by atoms with van der Waals surface area (Å²) in [6.45, 7) is 6.29. The molecule has 1 N–H and O–H groups in total. The van der Waals surface area contributed by atoms with E-state index < -0.39 is 0 Å². The van der Waals surface area contributed by atoms with Gasteiger partial charge in [-0.15, -0.1) is 0 Å². The summed E-state index contributed by atoms with van der Waals surface area (Å²) in [5, 5.41) is 3.75. The fraction of sp³-hybridized carbons (Fsp3) is 0.375. The lowest BCUT2D eigenvalue weighted by Gasteiger charge is -2.12. The van der Waals surface area contributed by atoms with Gasteiger partial charge < -0.3 is 19.4 Å². The molecule has 39 heavy (non-hydrogen) atoms. The average molecular weight is 548 g/mol. The molecule has 206 valence electrons. The number of aromatic nitrogens is 2. The second-order valence-corrected chi connectivity index (χ2v) is 10.2. The summed E-state index contributed by atoms with van der Waals surface area (Å²) in [4.78, 5) is 16.9. The predicted molar refractivity (Wildman–Crippen MR) is 158 cm³/mol. The van der Waals surface area contributed by atoms with Gasteiger partial charge in [-0.3, -0.25) is 4.79 Å². The Morgan fingerprint density at radius 2 is 1.62 bits per heavy atom. The smallest absolute Gasteiger partial charge is 0.257 e. The number of nitrogens with one attached hydrogen (secondary N) is 1. The third-order valence-electron chi connectivity index (χ3n) is 6.70. The van der Waals surface area contributed by atoms with Gasteiger partial charge in [-0.25, -0.2) is 4.98 Å². The molecular weight excluding hydrogens is 510 g/mol. The standard InChI is InChI=1S/C32H38ClN3O3/c1-24-21-27(22-25(2)32(24)33)38-20-12-11-19-36-29-16-9-8-15-28(29)35-30(36)17-7-4-10-18-34-31(37)23-39-26-13-5-3-6-14-26/h3,5-6,8-9,13-16,21-22H,4,7,10-12,17-20,23H2,1-2H3,(H,34,37). The molecule has 0 saturated carbocycles. The number of unbranched alkanes of at least 4 members (excludes halogenated alkanes) is 3. The number of aryl methyl sites for hydroxylation is 4. The second-order valence-electron chi connectivity index (χ2n) is 9.86. The van der Waals surface area contributed by atoms with Crippen LogP contribution >= 0.6 is 11.6 Å². The van der Waals surface area contributed by atoms with E-state index in [-0.39, 0.29) is 12.5 Å². The maximum absolute atomic E-state index is 12.0. The number of rotatable bonds is 15. The third-order valence-corrected chi connectivity index (χ3v) is 7.30. The van der Waals surface area contributed by atoms with Crippen molar-refractivity contribution in [2.75, 3.05) is 19.8 Å². The van der Waals surface area contributed by atoms with Crippen molar-refractivity contribution < 1.29 is 14.3 Å². The summed E-state index contributed by atoms with van der Waals surface area (Å²) >= 11 is 6.27. The van der Waals surface area contributed by atoms with Gasteiger partial charge in [0.25, 0.3) is 5.91 Å². The molecule has 0 radical (unpaired) electrons. The van der Waals surface area contributed by atoms with Gasteiger partial charge in [-0.2, -0.15) is 0 Å². The van der Waals surface area contributed by atoms with Crippen LogP contribution in [-0.4, -0.2) is 35.2 Å². The summed E-state index contributed by atoms with van der Waals surface area (Å²) < 4.78 is 13.8. The van der Waals surface area contributed by atoms with Crippen molar-refractivity contribution >= 4 is 28.5 Å². The van der Waals surface area contributed by atoms with Crippen LogP contribution in [-0.2, 0) is 17.8 Å². The molecule has 0 aliphatic rings. The molecule has 1 aromatic heterocycles. The molecular formula is C32H38ClN3O3. The van der Waals surface area contributed by atoms with Gasteiger partial charge in [-0.1, -0.05) is 48.4 Å². The molecule has 0 saturated heterocycles. The zero-order chi connectivity index (χ0) is 27.5. The number of halogens is 1. The number of benzene rings is 3. The minimum atomic E-state index is -0.0917. The fourth-order valence-electron chi connectivity index (χ4n) is 4.65. The first-order valence-corrected chi connectivity index (χ1v) is 14.2. The van der Waals surface area contributed by atoms with Gasteiger partial charge in [0, 0.05) is 24.5 Å². The van der Waals surface area contributed by atoms with Crippen LogP contribution in [0.3, 0.4) is 0 Å². The Morgan fingerprint density at radius 3 is 2.41 bits per heavy atom. The average Bonchev–Trinajstić information content (AvgIpc) is 3.30. The van der Waals surface area contributed by atoms with Crippen molar-refractivity contribution in [2.24, 2.45) is 0 Å². The molecule has 0 aliphatic carbocycles. The number of nitrogens with zero attached hydrogens (tertiary/aromatic N) is 2. The Kier molecular flexibility index (Phi) is 10.7. The minimum Gasteiger partial charge on any atom is -0.494 e. The number of hydrogen-bond acceptors (Lipinski definition) is 4. The van der Waals surface area contributed by atoms with Crippen molar-refractivity contribution in [2.45, 2.75) is 58.9 Å². The van der Waals surface area contributed by atoms with E-state index in [9.17, 15) is 4.79 Å². The summed E-state index contributed by atoms with van der Waals surface area (Å²) in [5.74, 6) is 2.62. The van der Waals surface area contributed by atoms with Crippen molar-refractivity contribution in [3.05, 3.63) is 88.7 Å². The summed E-state index contributed by atoms with van der Waals surface area (Å²) in [7, 11) is 0. The number of para-hydroxylation sites is 3. The molecule has 0 unspecified atom stereocenters. The van der Waals surface area contributed by atoms with Crippen molar-refractivity contribution in [3.8, 4) is 11.5 Å². The van der Waals surface area contributed by atoms with Crippen LogP contribution in [0.15, 0.2) is 66.7 Å². The van der Waals surface area contributed by atoms with E-state index in [1.54, 1.807) is 0 Å². The zero-order valence-corrected chi connectivity index (χ0v) is 23.7. The lowest BCUT2D eigenvalue weighted by molar-refractivity contribution is -0.123. The van der Waals surface area contributed by atoms with Crippen LogP contribution in [0.5, 0.6) is 11.5 Å². The zero-order valence-electron chi connectivity index (χ0n) is 22.9. The maximum Gasteiger partial charge on any atom is 0.257 e. The number of hydrogen-bond donors (Lipinski definition) is 1. The van der Waals surface area contributed by atoms with Crippen LogP contribution in [0.25, 0.3) is 11.0 Å². The molecule has 1 amide bonds. The third kappa shape index (κ3) is 8.49. The van der Waals surface area contributed by atoms with Crippen LogP contribution < -0.4 is 14.8 Å². The molecule has 7 heteroatoms. The van der Waals surface area contributed by atoms with Crippen molar-refractivity contribution in [1.29, 1.82) is 0 Å². The lowest BCUT2D eigenvalue weighted by atomic mass is 10.1. The Hall–Kier alpha value is -3.51. The molecule has 0 spiro atoms. The van der Waals surface area contributed by atoms with Gasteiger partial charge in [-0.05, 0) is 87.1 Å². The van der Waals surface area contributed by atoms with E-state index in [0.717, 1.165) is 78.3 Å². The van der Waals surface area contributed by atoms with E-state index in [4.69, 9.17) is 26.1 Å². The fourth-order valence-corrected chi connectivity index (χ4v) is 4.76. The molecule has 6 nitrogen and oxygen atoms in total. The monoisotopic (exact) mass is 547 g/mol. The molecule has 0 fully saturated rings. The van der Waals surface area contributed by atoms with Crippen LogP contribution in [0, 0.1) is 13.8 Å². The number of ether oxygens (including phenoxy) is 2. The van der Waals surface area contributed by atoms with Gasteiger partial charge in [0.1, 0.15) is 17.3 Å². The van der Waals surface area contributed by atoms with Gasteiger partial charge in [0.05, 0.1) is 17.6 Å². The molecule has 0 atom stereocenters. The number of fused-ring (bicyclic) bond motifs is 1. The van der Waals surface area contributed by atoms with Crippen LogP contribution in [0.2, 0.25) is 5.02 Å². The summed E-state index contributed by atoms with van der Waals surface area (Å²) in [5.41, 5.74) is 4.31. The number of carbonyl (C=O) groups is 1. The SMILES string of the molecule is Cc1cc(OCCCCn2c(CCCCCNC(=O)COc3ccccc3)nc3ccccc32)cc(C)c1Cl. The summed E-state index contributed by atoms with van der Waals surface area (Å²) in [6.07, 6.45) is 5.86. The highest BCUT2D eigenvalue weighted by molar-refractivity contribution is 6.32. The van der Waals surface area contributed by atoms with E-state index in [2.05, 4.69) is 28.1 Å². The largest absolute Gasteiger partial charge is 0.494 e. The Morgan fingerprint density at radius 1 is 0.872 bits per heavy atom. The van der Waals surface area contributed by atoms with Crippen molar-refractivity contribution in [1.82, 2.24) is 14.9 Å². The summed E-state index contributed by atoms with van der Waals surface area (Å²) in [6, 6.07) is 21.7. The first-order valence-electron chi connectivity index (χ1n) is 13.8. The topological polar surface area (TPSA) is 65.4 Å². The van der Waals surface area contributed by atoms with E-state index in [0.29, 0.717) is 18.9 Å². The van der Waals surface area contributed by atoms with Crippen molar-refractivity contribution in [3.63, 3.8) is 0 Å². The second kappa shape index (κ2) is 14.6. The molecule has 4 rings (SSSR count). The number of carbonyl (C=O) groups excluding carboxylic acids is 1. The number of imidazole rings is 1. The highest BCUT2D eigenvalue weighted by Crippen LogP contribution is 2.26. The van der Waals surface area contributed by atoms with Gasteiger partial charge in [0.15, 0.2) is 6.61 Å². The highest BCUT2D eigenvalue weighted by Gasteiger charge is 2.11. The molecule has 0 bridgehead atoms. The minimum absolute atomic E-state index is 0.0397. The van der Waals surface area contributed by atoms with Gasteiger partial charge in [0.2, 0.25) is 0 Å². The number of amides is 1. The van der Waals surface area contributed by atoms with E-state index in [1.165, 1.54) is 5.52 Å². The predicted octanol–water partition coefficient (Wildman–Crippen LogP) is 7.07. The first-order chi connectivity index (χ1) is 19.0. The highest BCUT2D eigenvalue weighted by atomic mass is 35.5. The van der Waals surface area contributed by atoms with Crippen LogP contribution in [0.4, 0.5) is 0 Å². The Balaban J connectivity index is 1.18. The molecule has 3 aromatic carbocycles. The normalized spacial score (nSPS) is 11.1. The Bertz CT molecular complexity index is 1330. The van der Waals surface area contributed by atoms with Crippen LogP contribution in [0.1, 0.15) is 49.1 Å². The van der Waals surface area contributed by atoms with E-state index >= 15 is 0 Å². The molecule has 1 heterocycles. The van der Waals surface area contributed by atoms with Gasteiger partial charge >= 0.3 is 0 Å². The lowest BCUT2D eigenvalue weighted by Crippen LogP contribution is -2.29. The van der Waals surface area contributed by atoms with E-state index in [1.807, 2.05) is 62.4 Å². The quantitative estimate of drug-likeness (QED) is 0.162. The maximum atomic E-state index is 12.0.